The van der Waals surface area contributed by atoms with Crippen LogP contribution >= 0.6 is 11.6 Å². The highest BCUT2D eigenvalue weighted by molar-refractivity contribution is 6.28. The van der Waals surface area contributed by atoms with E-state index in [1.54, 1.807) is 10.8 Å². The lowest BCUT2D eigenvalue weighted by molar-refractivity contribution is -0.106. The third-order valence-corrected chi connectivity index (χ3v) is 3.75. The van der Waals surface area contributed by atoms with E-state index in [-0.39, 0.29) is 28.7 Å². The molecule has 0 aliphatic heterocycles. The van der Waals surface area contributed by atoms with Crippen LogP contribution in [0.4, 0.5) is 16.0 Å². The first kappa shape index (κ1) is 17.7. The van der Waals surface area contributed by atoms with Crippen molar-refractivity contribution in [3.05, 3.63) is 23.5 Å². The van der Waals surface area contributed by atoms with E-state index in [0.717, 1.165) is 6.20 Å². The SMILES string of the molecule is CC(C)n1cc(NC=O)c2c(-c3nc(Cl)ncc3F)nc(NC=O)nc21. The Bertz CT molecular complexity index is 1010. The maximum Gasteiger partial charge on any atom is 0.231 e. The Hall–Kier alpha value is -3.14. The van der Waals surface area contributed by atoms with Gasteiger partial charge >= 0.3 is 0 Å². The van der Waals surface area contributed by atoms with Crippen LogP contribution < -0.4 is 10.6 Å². The molecule has 0 atom stereocenters. The van der Waals surface area contributed by atoms with Gasteiger partial charge < -0.3 is 9.88 Å². The molecule has 0 radical (unpaired) electrons. The third kappa shape index (κ3) is 3.06. The van der Waals surface area contributed by atoms with E-state index >= 15 is 0 Å². The second kappa shape index (κ2) is 7.00. The first-order valence-corrected chi connectivity index (χ1v) is 7.85. The number of rotatable bonds is 6. The minimum atomic E-state index is -0.763. The fourth-order valence-electron chi connectivity index (χ4n) is 2.52. The molecule has 0 bridgehead atoms. The maximum atomic E-state index is 14.4. The molecule has 0 aliphatic rings. The van der Waals surface area contributed by atoms with Crippen molar-refractivity contribution in [2.45, 2.75) is 19.9 Å². The van der Waals surface area contributed by atoms with Gasteiger partial charge in [0, 0.05) is 12.2 Å². The fourth-order valence-corrected chi connectivity index (χ4v) is 2.65. The number of carbonyl (C=O) groups excluding carboxylic acids is 2. The molecule has 3 heterocycles. The van der Waals surface area contributed by atoms with Gasteiger partial charge in [-0.15, -0.1) is 0 Å². The summed E-state index contributed by atoms with van der Waals surface area (Å²) in [6, 6.07) is -0.0367. The highest BCUT2D eigenvalue weighted by Gasteiger charge is 2.22. The van der Waals surface area contributed by atoms with Gasteiger partial charge in [-0.3, -0.25) is 14.9 Å². The van der Waals surface area contributed by atoms with Crippen molar-refractivity contribution in [3.63, 3.8) is 0 Å². The number of anilines is 2. The molecule has 9 nitrogen and oxygen atoms in total. The predicted octanol–water partition coefficient (Wildman–Crippen LogP) is 2.40. The average molecular weight is 378 g/mol. The summed E-state index contributed by atoms with van der Waals surface area (Å²) >= 11 is 5.79. The molecule has 3 rings (SSSR count). The largest absolute Gasteiger partial charge is 0.328 e. The molecular weight excluding hydrogens is 365 g/mol. The van der Waals surface area contributed by atoms with Crippen molar-refractivity contribution in [2.75, 3.05) is 10.6 Å². The summed E-state index contributed by atoms with van der Waals surface area (Å²) in [4.78, 5) is 37.8. The predicted molar refractivity (Wildman–Crippen MR) is 93.3 cm³/mol. The van der Waals surface area contributed by atoms with E-state index in [0.29, 0.717) is 29.5 Å². The van der Waals surface area contributed by atoms with E-state index in [2.05, 4.69) is 30.6 Å². The van der Waals surface area contributed by atoms with Gasteiger partial charge in [0.2, 0.25) is 24.1 Å². The summed E-state index contributed by atoms with van der Waals surface area (Å²) in [5.41, 5.74) is 0.630. The number of aromatic nitrogens is 5. The van der Waals surface area contributed by atoms with Gasteiger partial charge in [0.05, 0.1) is 17.3 Å². The normalized spacial score (nSPS) is 11.0. The molecule has 0 saturated heterocycles. The lowest BCUT2D eigenvalue weighted by Gasteiger charge is -2.10. The van der Waals surface area contributed by atoms with Crippen LogP contribution in [0.25, 0.3) is 22.4 Å². The summed E-state index contributed by atoms with van der Waals surface area (Å²) in [6.45, 7) is 3.81. The van der Waals surface area contributed by atoms with E-state index < -0.39 is 5.82 Å². The Morgan fingerprint density at radius 1 is 1.15 bits per heavy atom. The summed E-state index contributed by atoms with van der Waals surface area (Å²) in [5, 5.41) is 5.08. The molecule has 0 aliphatic carbocycles. The zero-order valence-corrected chi connectivity index (χ0v) is 14.5. The van der Waals surface area contributed by atoms with E-state index in [1.165, 1.54) is 0 Å². The molecule has 3 aromatic heterocycles. The van der Waals surface area contributed by atoms with E-state index in [4.69, 9.17) is 11.6 Å². The molecule has 2 N–H and O–H groups in total. The molecule has 0 aromatic carbocycles. The fraction of sp³-hybridized carbons (Fsp3) is 0.200. The number of carbonyl (C=O) groups is 2. The smallest absolute Gasteiger partial charge is 0.231 e. The Morgan fingerprint density at radius 2 is 1.88 bits per heavy atom. The second-order valence-electron chi connectivity index (χ2n) is 5.50. The number of hydrogen-bond acceptors (Lipinski definition) is 6. The zero-order valence-electron chi connectivity index (χ0n) is 13.7. The molecule has 11 heteroatoms. The van der Waals surface area contributed by atoms with Gasteiger partial charge in [0.25, 0.3) is 0 Å². The van der Waals surface area contributed by atoms with E-state index in [9.17, 15) is 14.0 Å². The zero-order chi connectivity index (χ0) is 18.8. The molecular formula is C15H13ClFN7O2. The van der Waals surface area contributed by atoms with Crippen LogP contribution in [0.2, 0.25) is 5.28 Å². The van der Waals surface area contributed by atoms with Gasteiger partial charge in [0.15, 0.2) is 5.82 Å². The Labute approximate surface area is 151 Å². The first-order chi connectivity index (χ1) is 12.5. The second-order valence-corrected chi connectivity index (χ2v) is 5.84. The van der Waals surface area contributed by atoms with Crippen molar-refractivity contribution < 1.29 is 14.0 Å². The Balaban J connectivity index is 2.44. The number of fused-ring (bicyclic) bond motifs is 1. The van der Waals surface area contributed by atoms with Gasteiger partial charge in [-0.2, -0.15) is 4.98 Å². The van der Waals surface area contributed by atoms with Crippen LogP contribution in [0.5, 0.6) is 0 Å². The quantitative estimate of drug-likeness (QED) is 0.503. The number of amides is 2. The van der Waals surface area contributed by atoms with Gasteiger partial charge in [0.1, 0.15) is 17.0 Å². The Kier molecular flexibility index (Phi) is 4.76. The molecule has 0 unspecified atom stereocenters. The minimum absolute atomic E-state index is 0.0367. The van der Waals surface area contributed by atoms with Crippen molar-refractivity contribution >= 4 is 47.1 Å². The van der Waals surface area contributed by atoms with Crippen LogP contribution in [0.1, 0.15) is 19.9 Å². The van der Waals surface area contributed by atoms with Crippen LogP contribution in [0.15, 0.2) is 12.4 Å². The van der Waals surface area contributed by atoms with Crippen LogP contribution in [-0.4, -0.2) is 37.3 Å². The van der Waals surface area contributed by atoms with Crippen LogP contribution in [0, 0.1) is 5.82 Å². The number of nitrogens with one attached hydrogen (secondary N) is 2. The summed E-state index contributed by atoms with van der Waals surface area (Å²) in [5.74, 6) is -0.810. The monoisotopic (exact) mass is 377 g/mol. The average Bonchev–Trinajstić information content (AvgIpc) is 2.96. The topological polar surface area (TPSA) is 115 Å². The van der Waals surface area contributed by atoms with Crippen molar-refractivity contribution in [3.8, 4) is 11.4 Å². The lowest BCUT2D eigenvalue weighted by Crippen LogP contribution is -2.06. The molecule has 3 aromatic rings. The highest BCUT2D eigenvalue weighted by atomic mass is 35.5. The summed E-state index contributed by atoms with van der Waals surface area (Å²) < 4.78 is 16.1. The standard InChI is InChI=1S/C15H13ClFN7O2/c1-7(2)24-4-9(19-5-25)10-12(11-8(17)3-18-14(16)21-11)22-15(20-6-26)23-13(10)24/h3-7H,1-2H3,(H,19,25)(H,20,22,23,26). The van der Waals surface area contributed by atoms with Gasteiger partial charge in [-0.05, 0) is 25.4 Å². The molecule has 26 heavy (non-hydrogen) atoms. The van der Waals surface area contributed by atoms with Crippen molar-refractivity contribution in [1.82, 2.24) is 24.5 Å². The van der Waals surface area contributed by atoms with Crippen molar-refractivity contribution in [1.29, 1.82) is 0 Å². The van der Waals surface area contributed by atoms with Gasteiger partial charge in [-0.25, -0.2) is 19.3 Å². The van der Waals surface area contributed by atoms with Crippen LogP contribution in [-0.2, 0) is 9.59 Å². The summed E-state index contributed by atoms with van der Waals surface area (Å²) in [7, 11) is 0. The molecule has 2 amide bonds. The molecule has 0 saturated carbocycles. The minimum Gasteiger partial charge on any atom is -0.328 e. The summed E-state index contributed by atoms with van der Waals surface area (Å²) in [6.07, 6.45) is 3.45. The van der Waals surface area contributed by atoms with Crippen LogP contribution in [0.3, 0.4) is 0 Å². The highest BCUT2D eigenvalue weighted by Crippen LogP contribution is 2.36. The number of halogens is 2. The Morgan fingerprint density at radius 3 is 2.54 bits per heavy atom. The van der Waals surface area contributed by atoms with Gasteiger partial charge in [-0.1, -0.05) is 0 Å². The first-order valence-electron chi connectivity index (χ1n) is 7.47. The molecule has 0 fully saturated rings. The number of hydrogen-bond donors (Lipinski definition) is 2. The molecule has 134 valence electrons. The number of nitrogens with zero attached hydrogens (tertiary/aromatic N) is 5. The third-order valence-electron chi connectivity index (χ3n) is 3.57. The van der Waals surface area contributed by atoms with E-state index in [1.807, 2.05) is 13.8 Å². The van der Waals surface area contributed by atoms with Crippen molar-refractivity contribution in [2.24, 2.45) is 0 Å². The molecule has 0 spiro atoms. The lowest BCUT2D eigenvalue weighted by atomic mass is 10.2. The maximum absolute atomic E-state index is 14.4.